The Morgan fingerprint density at radius 1 is 1.16 bits per heavy atom. The van der Waals surface area contributed by atoms with Gasteiger partial charge in [0.15, 0.2) is 11.6 Å². The first-order chi connectivity index (χ1) is 15.3. The maximum atomic E-state index is 14.5. The van der Waals surface area contributed by atoms with Crippen LogP contribution in [0.3, 0.4) is 0 Å². The fourth-order valence-corrected chi connectivity index (χ4v) is 3.91. The highest BCUT2D eigenvalue weighted by Crippen LogP contribution is 2.45. The van der Waals surface area contributed by atoms with Crippen LogP contribution in [0.1, 0.15) is 11.5 Å². The SMILES string of the molecule is COC(=O)C1=C(C(=O)OC)N(c2ccc(I)c(F)c2O)C(N)=C(C#N)C1c1ccccc1. The van der Waals surface area contributed by atoms with Gasteiger partial charge in [-0.15, -0.1) is 0 Å². The van der Waals surface area contributed by atoms with Gasteiger partial charge in [0.2, 0.25) is 0 Å². The number of aromatic hydroxyl groups is 1. The second kappa shape index (κ2) is 9.27. The molecule has 1 unspecified atom stereocenters. The van der Waals surface area contributed by atoms with Crippen LogP contribution in [0.25, 0.3) is 0 Å². The van der Waals surface area contributed by atoms with Crippen LogP contribution < -0.4 is 10.6 Å². The normalized spacial score (nSPS) is 16.0. The zero-order valence-corrected chi connectivity index (χ0v) is 19.1. The van der Waals surface area contributed by atoms with Crippen molar-refractivity contribution in [3.8, 4) is 11.8 Å². The van der Waals surface area contributed by atoms with Crippen molar-refractivity contribution in [3.05, 3.63) is 80.1 Å². The number of halogens is 2. The fourth-order valence-electron chi connectivity index (χ4n) is 3.47. The third-order valence-electron chi connectivity index (χ3n) is 4.90. The van der Waals surface area contributed by atoms with E-state index in [1.807, 2.05) is 6.07 Å². The predicted octanol–water partition coefficient (Wildman–Crippen LogP) is 3.03. The van der Waals surface area contributed by atoms with E-state index < -0.39 is 35.1 Å². The summed E-state index contributed by atoms with van der Waals surface area (Å²) in [6.45, 7) is 0. The molecule has 164 valence electrons. The number of nitrogens with two attached hydrogens (primary N) is 1. The lowest BCUT2D eigenvalue weighted by atomic mass is 9.81. The molecular formula is C22H17FIN3O5. The van der Waals surface area contributed by atoms with Crippen molar-refractivity contribution in [2.24, 2.45) is 5.73 Å². The fraction of sp³-hybridized carbons (Fsp3) is 0.136. The Morgan fingerprint density at radius 2 is 1.78 bits per heavy atom. The summed E-state index contributed by atoms with van der Waals surface area (Å²) < 4.78 is 24.4. The van der Waals surface area contributed by atoms with Crippen molar-refractivity contribution in [3.63, 3.8) is 0 Å². The van der Waals surface area contributed by atoms with Crippen molar-refractivity contribution in [2.45, 2.75) is 5.92 Å². The number of phenolic OH excluding ortho intramolecular Hbond substituents is 1. The molecule has 3 rings (SSSR count). The third kappa shape index (κ3) is 3.75. The van der Waals surface area contributed by atoms with Crippen molar-refractivity contribution >= 4 is 40.2 Å². The molecule has 0 saturated carbocycles. The molecule has 3 N–H and O–H groups in total. The van der Waals surface area contributed by atoms with E-state index in [1.54, 1.807) is 52.9 Å². The molecule has 0 bridgehead atoms. The highest BCUT2D eigenvalue weighted by Gasteiger charge is 2.43. The summed E-state index contributed by atoms with van der Waals surface area (Å²) >= 11 is 1.69. The van der Waals surface area contributed by atoms with Gasteiger partial charge < -0.3 is 20.3 Å². The third-order valence-corrected chi connectivity index (χ3v) is 5.73. The Balaban J connectivity index is 2.46. The van der Waals surface area contributed by atoms with Crippen LogP contribution >= 0.6 is 22.6 Å². The molecular weight excluding hydrogens is 532 g/mol. The molecule has 0 radical (unpaired) electrons. The van der Waals surface area contributed by atoms with Crippen LogP contribution in [0.2, 0.25) is 0 Å². The lowest BCUT2D eigenvalue weighted by molar-refractivity contribution is -0.139. The summed E-state index contributed by atoms with van der Waals surface area (Å²) in [5.41, 5.74) is 5.80. The lowest BCUT2D eigenvalue weighted by Crippen LogP contribution is -2.40. The average Bonchev–Trinajstić information content (AvgIpc) is 2.81. The molecule has 0 spiro atoms. The number of methoxy groups -OCH3 is 2. The first-order valence-electron chi connectivity index (χ1n) is 9.11. The zero-order chi connectivity index (χ0) is 23.6. The predicted molar refractivity (Wildman–Crippen MR) is 120 cm³/mol. The van der Waals surface area contributed by atoms with E-state index in [0.717, 1.165) is 19.1 Å². The smallest absolute Gasteiger partial charge is 0.355 e. The van der Waals surface area contributed by atoms with Gasteiger partial charge in [-0.1, -0.05) is 30.3 Å². The van der Waals surface area contributed by atoms with Gasteiger partial charge in [-0.05, 0) is 40.3 Å². The molecule has 1 heterocycles. The Bertz CT molecular complexity index is 1200. The van der Waals surface area contributed by atoms with Crippen LogP contribution in [-0.2, 0) is 19.1 Å². The molecule has 0 fully saturated rings. The number of carbonyl (C=O) groups is 2. The highest BCUT2D eigenvalue weighted by molar-refractivity contribution is 14.1. The number of nitrogens with zero attached hydrogens (tertiary/aromatic N) is 2. The molecule has 1 aliphatic heterocycles. The summed E-state index contributed by atoms with van der Waals surface area (Å²) in [7, 11) is 2.21. The Kier molecular flexibility index (Phi) is 6.69. The number of carbonyl (C=O) groups excluding carboxylic acids is 2. The average molecular weight is 549 g/mol. The molecule has 0 aromatic heterocycles. The summed E-state index contributed by atoms with van der Waals surface area (Å²) in [5.74, 6) is -5.02. The van der Waals surface area contributed by atoms with Crippen LogP contribution in [0.4, 0.5) is 10.1 Å². The molecule has 2 aromatic rings. The molecule has 0 amide bonds. The minimum absolute atomic E-state index is 0.0948. The van der Waals surface area contributed by atoms with Crippen molar-refractivity contribution in [1.82, 2.24) is 0 Å². The van der Waals surface area contributed by atoms with E-state index >= 15 is 0 Å². The second-order valence-corrected chi connectivity index (χ2v) is 7.73. The van der Waals surface area contributed by atoms with Gasteiger partial charge in [-0.3, -0.25) is 4.90 Å². The van der Waals surface area contributed by atoms with Crippen molar-refractivity contribution < 1.29 is 28.6 Å². The quantitative estimate of drug-likeness (QED) is 0.441. The number of nitriles is 1. The molecule has 0 saturated heterocycles. The highest BCUT2D eigenvalue weighted by atomic mass is 127. The maximum Gasteiger partial charge on any atom is 0.355 e. The maximum absolute atomic E-state index is 14.5. The van der Waals surface area contributed by atoms with Crippen molar-refractivity contribution in [1.29, 1.82) is 5.26 Å². The lowest BCUT2D eigenvalue weighted by Gasteiger charge is -2.36. The van der Waals surface area contributed by atoms with E-state index in [1.165, 1.54) is 12.1 Å². The number of benzene rings is 2. The monoisotopic (exact) mass is 549 g/mol. The van der Waals surface area contributed by atoms with Crippen LogP contribution in [0.5, 0.6) is 5.75 Å². The Labute approximate surface area is 196 Å². The summed E-state index contributed by atoms with van der Waals surface area (Å²) in [6.07, 6.45) is 0. The number of anilines is 1. The van der Waals surface area contributed by atoms with Gasteiger partial charge in [0.05, 0.1) is 46.6 Å². The number of hydrogen-bond donors (Lipinski definition) is 2. The zero-order valence-electron chi connectivity index (χ0n) is 16.9. The van der Waals surface area contributed by atoms with Gasteiger partial charge in [-0.25, -0.2) is 14.0 Å². The standard InChI is InChI=1S/C22H17FIN3O5/c1-31-21(29)16-15(11-6-4-3-5-7-11)12(10-25)20(26)27(18(16)22(30)32-2)14-9-8-13(24)17(23)19(14)28/h3-9,15,28H,26H2,1-2H3. The largest absolute Gasteiger partial charge is 0.503 e. The molecule has 2 aromatic carbocycles. The number of phenols is 1. The van der Waals surface area contributed by atoms with Gasteiger partial charge >= 0.3 is 11.9 Å². The van der Waals surface area contributed by atoms with Crippen LogP contribution in [0.15, 0.2) is 65.1 Å². The Hall–Kier alpha value is -3.59. The second-order valence-electron chi connectivity index (χ2n) is 6.56. The van der Waals surface area contributed by atoms with Crippen LogP contribution in [-0.4, -0.2) is 31.3 Å². The van der Waals surface area contributed by atoms with Crippen molar-refractivity contribution in [2.75, 3.05) is 19.1 Å². The van der Waals surface area contributed by atoms with E-state index in [4.69, 9.17) is 15.2 Å². The molecule has 32 heavy (non-hydrogen) atoms. The topological polar surface area (TPSA) is 126 Å². The summed E-state index contributed by atoms with van der Waals surface area (Å²) in [5, 5.41) is 20.4. The molecule has 8 nitrogen and oxygen atoms in total. The van der Waals surface area contributed by atoms with Gasteiger partial charge in [0, 0.05) is 0 Å². The molecule has 10 heteroatoms. The minimum atomic E-state index is -1.06. The van der Waals surface area contributed by atoms with Crippen LogP contribution in [0, 0.1) is 20.7 Å². The molecule has 0 aliphatic carbocycles. The molecule has 1 atom stereocenters. The summed E-state index contributed by atoms with van der Waals surface area (Å²) in [4.78, 5) is 26.7. The number of rotatable bonds is 4. The van der Waals surface area contributed by atoms with E-state index in [9.17, 15) is 24.3 Å². The first-order valence-corrected chi connectivity index (χ1v) is 10.2. The van der Waals surface area contributed by atoms with Gasteiger partial charge in [-0.2, -0.15) is 5.26 Å². The number of ether oxygens (including phenoxy) is 2. The van der Waals surface area contributed by atoms with E-state index in [2.05, 4.69) is 0 Å². The minimum Gasteiger partial charge on any atom is -0.503 e. The van der Waals surface area contributed by atoms with E-state index in [0.29, 0.717) is 5.56 Å². The first kappa shape index (κ1) is 23.1. The summed E-state index contributed by atoms with van der Waals surface area (Å²) in [6, 6.07) is 13.1. The Morgan fingerprint density at radius 3 is 2.34 bits per heavy atom. The number of allylic oxidation sites excluding steroid dienone is 1. The number of esters is 2. The number of hydrogen-bond acceptors (Lipinski definition) is 8. The van der Waals surface area contributed by atoms with Gasteiger partial charge in [0.1, 0.15) is 11.5 Å². The van der Waals surface area contributed by atoms with Gasteiger partial charge in [0.25, 0.3) is 0 Å². The molecule has 1 aliphatic rings. The van der Waals surface area contributed by atoms with E-state index in [-0.39, 0.29) is 26.2 Å².